The Labute approximate surface area is 170 Å². The third-order valence-electron chi connectivity index (χ3n) is 6.20. The second kappa shape index (κ2) is 8.62. The van der Waals surface area contributed by atoms with E-state index in [9.17, 15) is 5.11 Å². The second-order valence-electron chi connectivity index (χ2n) is 9.05. The molecule has 0 aromatic heterocycles. The van der Waals surface area contributed by atoms with Gasteiger partial charge in [-0.2, -0.15) is 0 Å². The minimum atomic E-state index is -0.371. The fourth-order valence-electron chi connectivity index (χ4n) is 4.54. The number of aryl methyl sites for hydroxylation is 1. The molecule has 28 heavy (non-hydrogen) atoms. The van der Waals surface area contributed by atoms with Gasteiger partial charge in [0.1, 0.15) is 17.1 Å². The standard InChI is InChI=1S/C25H35NO2/c1-6-8-9-10-18(3)11-12-19-14-22(27)24-20-16-26(13-7-2)17-21(20)25(4,5)28-23(24)15-19/h2,14-15,18,27H,6,8-13,16-17H2,1,3-5H3. The topological polar surface area (TPSA) is 32.7 Å². The van der Waals surface area contributed by atoms with Gasteiger partial charge < -0.3 is 9.84 Å². The normalized spacial score (nSPS) is 19.0. The van der Waals surface area contributed by atoms with Gasteiger partial charge in [0.05, 0.1) is 12.1 Å². The molecule has 0 saturated heterocycles. The molecule has 0 bridgehead atoms. The van der Waals surface area contributed by atoms with Gasteiger partial charge in [0.15, 0.2) is 0 Å². The molecule has 3 nitrogen and oxygen atoms in total. The Morgan fingerprint density at radius 2 is 2.04 bits per heavy atom. The number of ether oxygens (including phenoxy) is 1. The highest BCUT2D eigenvalue weighted by Gasteiger charge is 2.40. The Kier molecular flexibility index (Phi) is 6.40. The van der Waals surface area contributed by atoms with Gasteiger partial charge >= 0.3 is 0 Å². The first kappa shape index (κ1) is 20.8. The molecule has 0 aliphatic carbocycles. The van der Waals surface area contributed by atoms with Gasteiger partial charge in [-0.05, 0) is 61.4 Å². The molecule has 152 valence electrons. The molecule has 1 unspecified atom stereocenters. The number of phenols is 1. The molecule has 0 amide bonds. The minimum absolute atomic E-state index is 0.344. The molecule has 1 aromatic rings. The van der Waals surface area contributed by atoms with Crippen LogP contribution in [0.2, 0.25) is 0 Å². The van der Waals surface area contributed by atoms with Crippen molar-refractivity contribution in [1.82, 2.24) is 4.90 Å². The third kappa shape index (κ3) is 4.39. The zero-order valence-corrected chi connectivity index (χ0v) is 18.0. The first-order chi connectivity index (χ1) is 13.4. The molecule has 0 fully saturated rings. The van der Waals surface area contributed by atoms with Crippen molar-refractivity contribution in [3.8, 4) is 23.8 Å². The van der Waals surface area contributed by atoms with Crippen molar-refractivity contribution >= 4 is 5.57 Å². The maximum Gasteiger partial charge on any atom is 0.132 e. The number of fused-ring (bicyclic) bond motifs is 2. The lowest BCUT2D eigenvalue weighted by molar-refractivity contribution is 0.139. The fraction of sp³-hybridized carbons (Fsp3) is 0.600. The molecular formula is C25H35NO2. The predicted octanol–water partition coefficient (Wildman–Crippen LogP) is 5.41. The molecule has 2 aliphatic heterocycles. The summed E-state index contributed by atoms with van der Waals surface area (Å²) in [4.78, 5) is 2.23. The highest BCUT2D eigenvalue weighted by Crippen LogP contribution is 2.48. The number of hydrogen-bond acceptors (Lipinski definition) is 3. The molecule has 2 heterocycles. The Hall–Kier alpha value is -1.92. The molecule has 1 aromatic carbocycles. The van der Waals surface area contributed by atoms with E-state index < -0.39 is 0 Å². The summed E-state index contributed by atoms with van der Waals surface area (Å²) in [7, 11) is 0. The number of phenolic OH excluding ortho intramolecular Hbond substituents is 1. The van der Waals surface area contributed by atoms with Crippen molar-refractivity contribution in [1.29, 1.82) is 0 Å². The Morgan fingerprint density at radius 3 is 2.75 bits per heavy atom. The van der Waals surface area contributed by atoms with Crippen LogP contribution in [-0.4, -0.2) is 35.2 Å². The van der Waals surface area contributed by atoms with Crippen LogP contribution in [0.25, 0.3) is 5.57 Å². The lowest BCUT2D eigenvalue weighted by atomic mass is 9.86. The summed E-state index contributed by atoms with van der Waals surface area (Å²) in [6, 6.07) is 4.08. The van der Waals surface area contributed by atoms with Crippen LogP contribution in [0.15, 0.2) is 17.7 Å². The van der Waals surface area contributed by atoms with Crippen LogP contribution in [0.5, 0.6) is 11.5 Å². The van der Waals surface area contributed by atoms with Gasteiger partial charge in [0.25, 0.3) is 0 Å². The first-order valence-corrected chi connectivity index (χ1v) is 10.8. The SMILES string of the molecule is C#CCN1CC2=C(C1)C(C)(C)Oc1cc(CCC(C)CCCCC)cc(O)c12. The third-order valence-corrected chi connectivity index (χ3v) is 6.20. The highest BCUT2D eigenvalue weighted by atomic mass is 16.5. The lowest BCUT2D eigenvalue weighted by Crippen LogP contribution is -2.36. The van der Waals surface area contributed by atoms with E-state index in [1.54, 1.807) is 0 Å². The van der Waals surface area contributed by atoms with Crippen LogP contribution in [0.4, 0.5) is 0 Å². The number of rotatable bonds is 8. The quantitative estimate of drug-likeness (QED) is 0.482. The van der Waals surface area contributed by atoms with E-state index in [2.05, 4.69) is 44.6 Å². The smallest absolute Gasteiger partial charge is 0.132 e. The van der Waals surface area contributed by atoms with Crippen LogP contribution < -0.4 is 4.74 Å². The zero-order chi connectivity index (χ0) is 20.3. The predicted molar refractivity (Wildman–Crippen MR) is 117 cm³/mol. The number of hydrogen-bond donors (Lipinski definition) is 1. The van der Waals surface area contributed by atoms with Crippen molar-refractivity contribution in [2.75, 3.05) is 19.6 Å². The number of terminal acetylenes is 1. The summed E-state index contributed by atoms with van der Waals surface area (Å²) < 4.78 is 6.37. The van der Waals surface area contributed by atoms with Crippen LogP contribution in [0.3, 0.4) is 0 Å². The maximum absolute atomic E-state index is 10.8. The number of aromatic hydroxyl groups is 1. The van der Waals surface area contributed by atoms with E-state index in [1.165, 1.54) is 36.8 Å². The Morgan fingerprint density at radius 1 is 1.25 bits per heavy atom. The van der Waals surface area contributed by atoms with E-state index in [0.717, 1.165) is 42.8 Å². The van der Waals surface area contributed by atoms with E-state index in [1.807, 2.05) is 6.07 Å². The average Bonchev–Trinajstić information content (AvgIpc) is 3.04. The van der Waals surface area contributed by atoms with Crippen LogP contribution >= 0.6 is 0 Å². The number of benzene rings is 1. The summed E-state index contributed by atoms with van der Waals surface area (Å²) >= 11 is 0. The van der Waals surface area contributed by atoms with E-state index in [-0.39, 0.29) is 5.60 Å². The first-order valence-electron chi connectivity index (χ1n) is 10.8. The molecule has 1 N–H and O–H groups in total. The summed E-state index contributed by atoms with van der Waals surface area (Å²) in [5.74, 6) is 4.61. The minimum Gasteiger partial charge on any atom is -0.507 e. The zero-order valence-electron chi connectivity index (χ0n) is 18.0. The molecule has 2 aliphatic rings. The van der Waals surface area contributed by atoms with Gasteiger partial charge in [-0.1, -0.05) is 45.5 Å². The monoisotopic (exact) mass is 381 g/mol. The summed E-state index contributed by atoms with van der Waals surface area (Å²) in [6.45, 7) is 11.0. The largest absolute Gasteiger partial charge is 0.507 e. The molecule has 3 heteroatoms. The Bertz CT molecular complexity index is 784. The highest BCUT2D eigenvalue weighted by molar-refractivity contribution is 5.83. The van der Waals surface area contributed by atoms with Gasteiger partial charge in [0, 0.05) is 13.1 Å². The molecule has 0 saturated carbocycles. The second-order valence-corrected chi connectivity index (χ2v) is 9.05. The number of unbranched alkanes of at least 4 members (excludes halogenated alkanes) is 2. The Balaban J connectivity index is 1.77. The van der Waals surface area contributed by atoms with Gasteiger partial charge in [-0.15, -0.1) is 6.42 Å². The van der Waals surface area contributed by atoms with Gasteiger partial charge in [-0.25, -0.2) is 0 Å². The van der Waals surface area contributed by atoms with Crippen molar-refractivity contribution in [2.24, 2.45) is 5.92 Å². The summed E-state index contributed by atoms with van der Waals surface area (Å²) in [6.07, 6.45) is 12.8. The van der Waals surface area contributed by atoms with Crippen molar-refractivity contribution in [3.63, 3.8) is 0 Å². The molecular weight excluding hydrogens is 346 g/mol. The molecule has 1 atom stereocenters. The molecule has 0 spiro atoms. The van der Waals surface area contributed by atoms with E-state index >= 15 is 0 Å². The van der Waals surface area contributed by atoms with Gasteiger partial charge in [0.2, 0.25) is 0 Å². The van der Waals surface area contributed by atoms with E-state index in [4.69, 9.17) is 11.2 Å². The summed E-state index contributed by atoms with van der Waals surface area (Å²) in [5, 5.41) is 10.8. The van der Waals surface area contributed by atoms with E-state index in [0.29, 0.717) is 18.2 Å². The van der Waals surface area contributed by atoms with Crippen LogP contribution in [-0.2, 0) is 6.42 Å². The average molecular weight is 382 g/mol. The van der Waals surface area contributed by atoms with Crippen molar-refractivity contribution < 1.29 is 9.84 Å². The summed E-state index contributed by atoms with van der Waals surface area (Å²) in [5.41, 5.74) is 4.09. The lowest BCUT2D eigenvalue weighted by Gasteiger charge is -2.35. The van der Waals surface area contributed by atoms with Crippen molar-refractivity contribution in [2.45, 2.75) is 71.8 Å². The van der Waals surface area contributed by atoms with Crippen LogP contribution in [0, 0.1) is 18.3 Å². The van der Waals surface area contributed by atoms with Crippen molar-refractivity contribution in [3.05, 3.63) is 28.8 Å². The van der Waals surface area contributed by atoms with Crippen LogP contribution in [0.1, 0.15) is 70.9 Å². The number of nitrogens with zero attached hydrogens (tertiary/aromatic N) is 1. The maximum atomic E-state index is 10.8. The fourth-order valence-corrected chi connectivity index (χ4v) is 4.54. The molecule has 0 radical (unpaired) electrons. The van der Waals surface area contributed by atoms with Gasteiger partial charge in [-0.3, -0.25) is 4.90 Å². The molecule has 3 rings (SSSR count).